The summed E-state index contributed by atoms with van der Waals surface area (Å²) in [6.45, 7) is 5.65. The lowest BCUT2D eigenvalue weighted by molar-refractivity contribution is -0.137. The SMILES string of the molecule is CC(C)(C)c1ccc([C@@H]2c3sc(=O)n(CC(=O)Nc4ccccc4C(F)(F)F)c3S[C@H]3C(=O)N(c4ccc(Br)cc4)C(=O)[C@@H]23)cc1. The molecule has 6 rings (SSSR count). The van der Waals surface area contributed by atoms with E-state index >= 15 is 0 Å². The summed E-state index contributed by atoms with van der Waals surface area (Å²) in [6.07, 6.45) is -4.70. The number of anilines is 2. The number of amides is 3. The summed E-state index contributed by atoms with van der Waals surface area (Å²) >= 11 is 5.29. The van der Waals surface area contributed by atoms with Crippen molar-refractivity contribution in [3.05, 3.63) is 109 Å². The molecule has 13 heteroatoms. The number of benzene rings is 3. The van der Waals surface area contributed by atoms with Crippen LogP contribution in [0.1, 0.15) is 48.3 Å². The van der Waals surface area contributed by atoms with Crippen LogP contribution in [0.2, 0.25) is 0 Å². The number of imide groups is 1. The highest BCUT2D eigenvalue weighted by atomic mass is 79.9. The van der Waals surface area contributed by atoms with Crippen LogP contribution in [-0.4, -0.2) is 27.5 Å². The quantitative estimate of drug-likeness (QED) is 0.216. The second-order valence-electron chi connectivity index (χ2n) is 12.1. The first-order valence-electron chi connectivity index (χ1n) is 14.2. The summed E-state index contributed by atoms with van der Waals surface area (Å²) in [5.74, 6) is -3.17. The van der Waals surface area contributed by atoms with Crippen molar-refractivity contribution >= 4 is 68.1 Å². The van der Waals surface area contributed by atoms with Crippen molar-refractivity contribution in [3.63, 3.8) is 0 Å². The van der Waals surface area contributed by atoms with Crippen LogP contribution in [-0.2, 0) is 32.5 Å². The van der Waals surface area contributed by atoms with Crippen LogP contribution >= 0.6 is 39.0 Å². The maximum Gasteiger partial charge on any atom is 0.418 e. The highest BCUT2D eigenvalue weighted by Gasteiger charge is 2.56. The van der Waals surface area contributed by atoms with Gasteiger partial charge >= 0.3 is 11.0 Å². The third-order valence-electron chi connectivity index (χ3n) is 8.08. The van der Waals surface area contributed by atoms with Gasteiger partial charge in [0.2, 0.25) is 17.7 Å². The second kappa shape index (κ2) is 11.8. The molecule has 2 aliphatic heterocycles. The zero-order valence-corrected chi connectivity index (χ0v) is 27.9. The topological polar surface area (TPSA) is 88.5 Å². The number of carbonyl (C=O) groups is 3. The Balaban J connectivity index is 1.41. The lowest BCUT2D eigenvalue weighted by Crippen LogP contribution is -2.33. The van der Waals surface area contributed by atoms with Gasteiger partial charge in [-0.3, -0.25) is 23.7 Å². The molecule has 1 aromatic heterocycles. The van der Waals surface area contributed by atoms with Crippen molar-refractivity contribution in [3.8, 4) is 0 Å². The molecule has 1 N–H and O–H groups in total. The molecule has 7 nitrogen and oxygen atoms in total. The Morgan fingerprint density at radius 2 is 1.57 bits per heavy atom. The van der Waals surface area contributed by atoms with Crippen molar-refractivity contribution in [2.45, 2.75) is 55.1 Å². The second-order valence-corrected chi connectivity index (χ2v) is 15.2. The number of hydrogen-bond acceptors (Lipinski definition) is 6. The normalized spacial score (nSPS) is 19.6. The Labute approximate surface area is 278 Å². The van der Waals surface area contributed by atoms with E-state index in [1.807, 2.05) is 24.3 Å². The Morgan fingerprint density at radius 3 is 2.20 bits per heavy atom. The summed E-state index contributed by atoms with van der Waals surface area (Å²) in [5, 5.41) is 1.74. The van der Waals surface area contributed by atoms with Crippen LogP contribution in [0.15, 0.2) is 87.1 Å². The molecule has 2 aliphatic rings. The molecule has 3 heterocycles. The largest absolute Gasteiger partial charge is 0.418 e. The number of halogens is 4. The lowest BCUT2D eigenvalue weighted by Gasteiger charge is -2.31. The Bertz CT molecular complexity index is 1910. The van der Waals surface area contributed by atoms with Crippen molar-refractivity contribution in [1.82, 2.24) is 4.57 Å². The molecule has 238 valence electrons. The number of alkyl halides is 3. The molecule has 1 fully saturated rings. The average Bonchev–Trinajstić information content (AvgIpc) is 3.43. The van der Waals surface area contributed by atoms with Gasteiger partial charge in [-0.25, -0.2) is 4.90 Å². The minimum atomic E-state index is -4.70. The summed E-state index contributed by atoms with van der Waals surface area (Å²) in [7, 11) is 0. The summed E-state index contributed by atoms with van der Waals surface area (Å²) in [6, 6.07) is 19.1. The average molecular weight is 731 g/mol. The van der Waals surface area contributed by atoms with E-state index in [-0.39, 0.29) is 5.41 Å². The van der Waals surface area contributed by atoms with Gasteiger partial charge in [-0.15, -0.1) is 0 Å². The van der Waals surface area contributed by atoms with Gasteiger partial charge in [0.25, 0.3) is 0 Å². The van der Waals surface area contributed by atoms with Crippen molar-refractivity contribution in [1.29, 1.82) is 0 Å². The first kappa shape index (κ1) is 32.3. The van der Waals surface area contributed by atoms with Gasteiger partial charge in [0, 0.05) is 15.3 Å². The van der Waals surface area contributed by atoms with Crippen LogP contribution in [0.5, 0.6) is 0 Å². The molecular weight excluding hydrogens is 703 g/mol. The molecule has 0 aliphatic carbocycles. The number of hydrogen-bond donors (Lipinski definition) is 1. The standard InChI is InChI=1S/C33H27BrF3N3O4S2/c1-32(2,3)18-10-8-17(9-11-18)24-25-26(29(43)40(28(25)42)20-14-12-19(34)13-15-20)45-30-27(24)46-31(44)39(30)16-23(41)38-22-7-5-4-6-21(22)33(35,36)37/h4-15,24-26H,16H2,1-3H3,(H,38,41)/t24-,25-,26+/m0/s1. The van der Waals surface area contributed by atoms with Gasteiger partial charge in [-0.1, -0.05) is 96.2 Å². The first-order valence-corrected chi connectivity index (χ1v) is 16.7. The Kier molecular flexibility index (Phi) is 8.31. The summed E-state index contributed by atoms with van der Waals surface area (Å²) in [4.78, 5) is 55.7. The fourth-order valence-electron chi connectivity index (χ4n) is 5.82. The third kappa shape index (κ3) is 5.84. The van der Waals surface area contributed by atoms with Crippen LogP contribution in [0.3, 0.4) is 0 Å². The Morgan fingerprint density at radius 1 is 0.913 bits per heavy atom. The van der Waals surface area contributed by atoms with Crippen LogP contribution in [0, 0.1) is 5.92 Å². The molecule has 0 radical (unpaired) electrons. The Hall–Kier alpha value is -3.68. The molecule has 4 aromatic rings. The molecule has 0 unspecified atom stereocenters. The number of para-hydroxylation sites is 1. The number of nitrogens with one attached hydrogen (secondary N) is 1. The molecule has 0 spiro atoms. The highest BCUT2D eigenvalue weighted by molar-refractivity contribution is 9.10. The van der Waals surface area contributed by atoms with Gasteiger partial charge in [0.1, 0.15) is 11.8 Å². The van der Waals surface area contributed by atoms with Crippen molar-refractivity contribution in [2.75, 3.05) is 10.2 Å². The van der Waals surface area contributed by atoms with Gasteiger partial charge in [-0.2, -0.15) is 13.2 Å². The fourth-order valence-corrected chi connectivity index (χ4v) is 8.86. The van der Waals surface area contributed by atoms with Gasteiger partial charge in [0.15, 0.2) is 0 Å². The number of thioether (sulfide) groups is 1. The van der Waals surface area contributed by atoms with Crippen LogP contribution in [0.4, 0.5) is 24.5 Å². The smallest absolute Gasteiger partial charge is 0.324 e. The number of rotatable bonds is 5. The molecule has 3 aromatic carbocycles. The number of carbonyl (C=O) groups excluding carboxylic acids is 3. The maximum absolute atomic E-state index is 14.1. The minimum Gasteiger partial charge on any atom is -0.324 e. The molecule has 46 heavy (non-hydrogen) atoms. The predicted molar refractivity (Wildman–Crippen MR) is 175 cm³/mol. The van der Waals surface area contributed by atoms with Crippen molar-refractivity contribution < 1.29 is 27.6 Å². The van der Waals surface area contributed by atoms with Crippen LogP contribution in [0.25, 0.3) is 0 Å². The van der Waals surface area contributed by atoms with E-state index in [0.29, 0.717) is 15.6 Å². The molecule has 3 atom stereocenters. The summed E-state index contributed by atoms with van der Waals surface area (Å²) in [5.41, 5.74) is 0.632. The van der Waals surface area contributed by atoms with Crippen LogP contribution < -0.4 is 15.1 Å². The predicted octanol–water partition coefficient (Wildman–Crippen LogP) is 7.42. The minimum absolute atomic E-state index is 0.140. The number of fused-ring (bicyclic) bond motifs is 2. The molecule has 0 bridgehead atoms. The fraction of sp³-hybridized carbons (Fsp3) is 0.273. The van der Waals surface area contributed by atoms with E-state index in [2.05, 4.69) is 42.0 Å². The zero-order chi connectivity index (χ0) is 33.1. The van der Waals surface area contributed by atoms with E-state index in [1.54, 1.807) is 24.3 Å². The van der Waals surface area contributed by atoms with E-state index in [4.69, 9.17) is 0 Å². The van der Waals surface area contributed by atoms with E-state index < -0.39 is 63.7 Å². The van der Waals surface area contributed by atoms with Gasteiger partial charge in [-0.05, 0) is 52.9 Å². The molecular formula is C33H27BrF3N3O4S2. The van der Waals surface area contributed by atoms with Gasteiger partial charge < -0.3 is 5.32 Å². The number of thiazole rings is 1. The number of nitrogens with zero attached hydrogens (tertiary/aromatic N) is 2. The van der Waals surface area contributed by atoms with E-state index in [1.165, 1.54) is 21.6 Å². The molecule has 3 amide bonds. The monoisotopic (exact) mass is 729 g/mol. The first-order chi connectivity index (χ1) is 21.6. The van der Waals surface area contributed by atoms with E-state index in [9.17, 15) is 32.3 Å². The zero-order valence-electron chi connectivity index (χ0n) is 24.7. The highest BCUT2D eigenvalue weighted by Crippen LogP contribution is 2.54. The lowest BCUT2D eigenvalue weighted by atomic mass is 9.81. The number of aromatic nitrogens is 1. The molecule has 0 saturated carbocycles. The summed E-state index contributed by atoms with van der Waals surface area (Å²) < 4.78 is 42.6. The van der Waals surface area contributed by atoms with E-state index in [0.717, 1.165) is 50.8 Å². The van der Waals surface area contributed by atoms with Gasteiger partial charge in [0.05, 0.1) is 27.9 Å². The maximum atomic E-state index is 14.1. The third-order valence-corrected chi connectivity index (χ3v) is 11.2. The molecule has 1 saturated heterocycles. The van der Waals surface area contributed by atoms with Crippen molar-refractivity contribution in [2.24, 2.45) is 5.92 Å².